The second-order valence-corrected chi connectivity index (χ2v) is 7.70. The fourth-order valence-electron chi connectivity index (χ4n) is 3.87. The molecule has 0 amide bonds. The molecule has 1 aliphatic rings. The van der Waals surface area contributed by atoms with Gasteiger partial charge in [-0.25, -0.2) is 4.39 Å². The highest BCUT2D eigenvalue weighted by Crippen LogP contribution is 2.22. The fraction of sp³-hybridized carbons (Fsp3) is 0.333. The number of likely N-dealkylation sites (tertiary alicyclic amines) is 1. The zero-order valence-electron chi connectivity index (χ0n) is 15.6. The molecule has 0 saturated carbocycles. The number of nitrogens with one attached hydrogen (secondary N) is 1. The first-order valence-corrected chi connectivity index (χ1v) is 10.0. The van der Waals surface area contributed by atoms with E-state index in [0.717, 1.165) is 43.0 Å². The van der Waals surface area contributed by atoms with E-state index in [0.29, 0.717) is 17.4 Å². The largest absolute Gasteiger partial charge is 0.396 e. The highest BCUT2D eigenvalue weighted by Gasteiger charge is 2.24. The molecule has 0 bridgehead atoms. The van der Waals surface area contributed by atoms with Crippen LogP contribution in [0.1, 0.15) is 12.8 Å². The number of rotatable bonds is 5. The van der Waals surface area contributed by atoms with Crippen LogP contribution < -0.4 is 4.90 Å². The lowest BCUT2D eigenvalue weighted by molar-refractivity contribution is -0.931. The van der Waals surface area contributed by atoms with Crippen LogP contribution in [0.25, 0.3) is 17.1 Å². The first-order chi connectivity index (χ1) is 13.7. The summed E-state index contributed by atoms with van der Waals surface area (Å²) in [5.74, 6) is 0.801. The van der Waals surface area contributed by atoms with Gasteiger partial charge in [0.05, 0.1) is 25.4 Å². The average Bonchev–Trinajstić information content (AvgIpc) is 3.05. The monoisotopic (exact) mass is 399 g/mol. The topological polar surface area (TPSA) is 47.4 Å². The number of halogens is 1. The predicted octanol–water partition coefficient (Wildman–Crippen LogP) is 2.45. The Kier molecular flexibility index (Phi) is 5.66. The zero-order valence-corrected chi connectivity index (χ0v) is 16.4. The zero-order chi connectivity index (χ0) is 19.5. The van der Waals surface area contributed by atoms with Gasteiger partial charge in [0.15, 0.2) is 12.5 Å². The van der Waals surface area contributed by atoms with Gasteiger partial charge in [0, 0.05) is 11.5 Å². The van der Waals surface area contributed by atoms with Crippen LogP contribution in [-0.4, -0.2) is 39.2 Å². The third-order valence-corrected chi connectivity index (χ3v) is 5.70. The Bertz CT molecular complexity index is 984. The molecular formula is C21H24FN4OS+. The molecule has 5 nitrogen and oxygen atoms in total. The van der Waals surface area contributed by atoms with Crippen LogP contribution in [0.15, 0.2) is 54.6 Å². The van der Waals surface area contributed by atoms with Gasteiger partial charge in [0.2, 0.25) is 4.77 Å². The van der Waals surface area contributed by atoms with Crippen LogP contribution in [0, 0.1) is 16.5 Å². The van der Waals surface area contributed by atoms with Crippen LogP contribution in [0.3, 0.4) is 0 Å². The van der Waals surface area contributed by atoms with Crippen molar-refractivity contribution in [2.75, 3.05) is 19.7 Å². The number of hydrogen-bond donors (Lipinski definition) is 2. The summed E-state index contributed by atoms with van der Waals surface area (Å²) in [6, 6.07) is 16.2. The lowest BCUT2D eigenvalue weighted by Gasteiger charge is -2.28. The Morgan fingerprint density at radius 3 is 2.61 bits per heavy atom. The number of hydrogen-bond acceptors (Lipinski definition) is 3. The number of quaternary nitrogens is 1. The van der Waals surface area contributed by atoms with Crippen molar-refractivity contribution >= 4 is 12.2 Å². The van der Waals surface area contributed by atoms with E-state index in [2.05, 4.69) is 0 Å². The van der Waals surface area contributed by atoms with E-state index >= 15 is 0 Å². The minimum Gasteiger partial charge on any atom is -0.396 e. The summed E-state index contributed by atoms with van der Waals surface area (Å²) >= 11 is 5.76. The SMILES string of the molecule is OC[C@@H]1CCC[NH+](Cn2nc(-c3ccccc3)n(-c3ccc(F)cc3)c2=S)C1. The van der Waals surface area contributed by atoms with E-state index in [9.17, 15) is 9.50 Å². The minimum atomic E-state index is -0.281. The number of aromatic nitrogens is 3. The second kappa shape index (κ2) is 8.34. The van der Waals surface area contributed by atoms with Gasteiger partial charge in [-0.2, -0.15) is 4.68 Å². The maximum atomic E-state index is 13.4. The standard InChI is InChI=1S/C21H23FN4OS/c22-18-8-10-19(11-9-18)26-20(17-6-2-1-3-7-17)23-25(21(26)28)15-24-12-4-5-16(13-24)14-27/h1-3,6-11,16,27H,4-5,12-15H2/p+1/t16-/m1/s1. The van der Waals surface area contributed by atoms with Gasteiger partial charge in [0.1, 0.15) is 5.82 Å². The van der Waals surface area contributed by atoms with Crippen LogP contribution in [-0.2, 0) is 6.67 Å². The Balaban J connectivity index is 1.74. The van der Waals surface area contributed by atoms with Crippen LogP contribution in [0.4, 0.5) is 4.39 Å². The van der Waals surface area contributed by atoms with E-state index in [-0.39, 0.29) is 12.4 Å². The van der Waals surface area contributed by atoms with Crippen molar-refractivity contribution in [1.29, 1.82) is 0 Å². The Hall–Kier alpha value is -2.35. The summed E-state index contributed by atoms with van der Waals surface area (Å²) in [7, 11) is 0. The lowest BCUT2D eigenvalue weighted by Crippen LogP contribution is -3.13. The number of nitrogens with zero attached hydrogens (tertiary/aromatic N) is 3. The Morgan fingerprint density at radius 1 is 1.14 bits per heavy atom. The number of piperidine rings is 1. The maximum Gasteiger partial charge on any atom is 0.207 e. The van der Waals surface area contributed by atoms with Crippen molar-refractivity contribution < 1.29 is 14.4 Å². The average molecular weight is 400 g/mol. The van der Waals surface area contributed by atoms with Gasteiger partial charge in [-0.05, 0) is 49.3 Å². The summed E-state index contributed by atoms with van der Waals surface area (Å²) in [6.07, 6.45) is 2.17. The fourth-order valence-corrected chi connectivity index (χ4v) is 4.17. The number of aliphatic hydroxyl groups excluding tert-OH is 1. The van der Waals surface area contributed by atoms with Gasteiger partial charge in [0.25, 0.3) is 0 Å². The van der Waals surface area contributed by atoms with Crippen LogP contribution in [0.2, 0.25) is 0 Å². The molecule has 2 heterocycles. The van der Waals surface area contributed by atoms with Gasteiger partial charge in [-0.15, -0.1) is 5.10 Å². The molecule has 3 aromatic rings. The van der Waals surface area contributed by atoms with Gasteiger partial charge < -0.3 is 10.0 Å². The molecule has 0 spiro atoms. The minimum absolute atomic E-state index is 0.230. The third-order valence-electron chi connectivity index (χ3n) is 5.31. The summed E-state index contributed by atoms with van der Waals surface area (Å²) in [5, 5.41) is 14.3. The summed E-state index contributed by atoms with van der Waals surface area (Å²) in [4.78, 5) is 1.37. The molecule has 2 atom stereocenters. The first-order valence-electron chi connectivity index (χ1n) is 9.61. The van der Waals surface area contributed by atoms with E-state index in [4.69, 9.17) is 17.3 Å². The van der Waals surface area contributed by atoms with Gasteiger partial charge >= 0.3 is 0 Å². The van der Waals surface area contributed by atoms with Crippen molar-refractivity contribution in [3.05, 3.63) is 65.2 Å². The van der Waals surface area contributed by atoms with Crippen molar-refractivity contribution in [2.45, 2.75) is 19.5 Å². The Labute approximate surface area is 168 Å². The second-order valence-electron chi connectivity index (χ2n) is 7.34. The maximum absolute atomic E-state index is 13.4. The molecule has 1 fully saturated rings. The third kappa shape index (κ3) is 3.92. The summed E-state index contributed by atoms with van der Waals surface area (Å²) in [6.45, 7) is 2.85. The molecule has 7 heteroatoms. The van der Waals surface area contributed by atoms with E-state index in [1.54, 1.807) is 12.1 Å². The number of aliphatic hydroxyl groups is 1. The van der Waals surface area contributed by atoms with Crippen LogP contribution >= 0.6 is 12.2 Å². The quantitative estimate of drug-likeness (QED) is 0.648. The molecule has 0 aliphatic carbocycles. The molecule has 1 saturated heterocycles. The smallest absolute Gasteiger partial charge is 0.207 e. The predicted molar refractivity (Wildman–Crippen MR) is 108 cm³/mol. The summed E-state index contributed by atoms with van der Waals surface area (Å²) < 4.78 is 17.8. The molecule has 28 heavy (non-hydrogen) atoms. The van der Waals surface area contributed by atoms with Crippen molar-refractivity contribution in [3.63, 3.8) is 0 Å². The highest BCUT2D eigenvalue weighted by molar-refractivity contribution is 7.71. The molecule has 1 aliphatic heterocycles. The van der Waals surface area contributed by atoms with Gasteiger partial charge in [-0.3, -0.25) is 4.57 Å². The molecule has 2 N–H and O–H groups in total. The first kappa shape index (κ1) is 19.0. The molecule has 4 rings (SSSR count). The van der Waals surface area contributed by atoms with Crippen molar-refractivity contribution in [2.24, 2.45) is 5.92 Å². The lowest BCUT2D eigenvalue weighted by atomic mass is 10.00. The summed E-state index contributed by atoms with van der Waals surface area (Å²) in [5.41, 5.74) is 1.75. The van der Waals surface area contributed by atoms with Crippen LogP contribution in [0.5, 0.6) is 0 Å². The molecule has 0 radical (unpaired) electrons. The van der Waals surface area contributed by atoms with E-state index < -0.39 is 0 Å². The number of benzene rings is 2. The normalized spacial score (nSPS) is 19.6. The molecule has 146 valence electrons. The molecular weight excluding hydrogens is 375 g/mol. The van der Waals surface area contributed by atoms with Gasteiger partial charge in [-0.1, -0.05) is 30.3 Å². The van der Waals surface area contributed by atoms with Crippen molar-refractivity contribution in [3.8, 4) is 17.1 Å². The Morgan fingerprint density at radius 2 is 1.89 bits per heavy atom. The highest BCUT2D eigenvalue weighted by atomic mass is 32.1. The van der Waals surface area contributed by atoms with E-state index in [1.165, 1.54) is 17.0 Å². The van der Waals surface area contributed by atoms with E-state index in [1.807, 2.05) is 39.6 Å². The molecule has 2 aromatic carbocycles. The molecule has 1 unspecified atom stereocenters. The van der Waals surface area contributed by atoms with Crippen molar-refractivity contribution in [1.82, 2.24) is 14.3 Å². The molecule has 1 aromatic heterocycles.